The second kappa shape index (κ2) is 8.02. The standard InChI is InChI=1S/C22H18N4OS/c1-27-21-13-7-6-12-19(21)25-22(28)26-23-14-20-17-10-3-2-8-15(17)16-9-4-5-11-18(16)24-20/h2-14H,1H3,(H2,25,26,28). The Morgan fingerprint density at radius 2 is 1.61 bits per heavy atom. The van der Waals surface area contributed by atoms with Crippen LogP contribution in [-0.4, -0.2) is 23.4 Å². The number of thiocarbonyl (C=S) groups is 1. The van der Waals surface area contributed by atoms with E-state index in [1.165, 1.54) is 0 Å². The van der Waals surface area contributed by atoms with E-state index >= 15 is 0 Å². The minimum atomic E-state index is 0.367. The lowest BCUT2D eigenvalue weighted by Crippen LogP contribution is -2.24. The van der Waals surface area contributed by atoms with Gasteiger partial charge in [-0.15, -0.1) is 0 Å². The number of para-hydroxylation sites is 3. The van der Waals surface area contributed by atoms with E-state index < -0.39 is 0 Å². The fraction of sp³-hybridized carbons (Fsp3) is 0.0455. The molecule has 6 heteroatoms. The van der Waals surface area contributed by atoms with Crippen molar-refractivity contribution in [3.8, 4) is 5.75 Å². The summed E-state index contributed by atoms with van der Waals surface area (Å²) in [7, 11) is 1.62. The number of nitrogens with one attached hydrogen (secondary N) is 2. The molecule has 0 aliphatic rings. The first-order valence-corrected chi connectivity index (χ1v) is 9.17. The van der Waals surface area contributed by atoms with Crippen LogP contribution in [0.15, 0.2) is 77.9 Å². The zero-order valence-electron chi connectivity index (χ0n) is 15.2. The average molecular weight is 386 g/mol. The summed E-state index contributed by atoms with van der Waals surface area (Å²) in [6.45, 7) is 0. The number of nitrogens with zero attached hydrogens (tertiary/aromatic N) is 2. The van der Waals surface area contributed by atoms with Gasteiger partial charge in [-0.3, -0.25) is 5.43 Å². The van der Waals surface area contributed by atoms with Crippen LogP contribution < -0.4 is 15.5 Å². The van der Waals surface area contributed by atoms with Crippen molar-refractivity contribution in [2.75, 3.05) is 12.4 Å². The van der Waals surface area contributed by atoms with E-state index in [4.69, 9.17) is 21.9 Å². The Hall–Kier alpha value is -3.51. The molecule has 2 N–H and O–H groups in total. The lowest BCUT2D eigenvalue weighted by molar-refractivity contribution is 0.417. The molecule has 0 unspecified atom stereocenters. The number of hydrogen-bond acceptors (Lipinski definition) is 4. The van der Waals surface area contributed by atoms with Crippen LogP contribution in [0.25, 0.3) is 21.7 Å². The summed E-state index contributed by atoms with van der Waals surface area (Å²) < 4.78 is 5.31. The van der Waals surface area contributed by atoms with E-state index in [0.29, 0.717) is 10.9 Å². The van der Waals surface area contributed by atoms with Crippen molar-refractivity contribution < 1.29 is 4.74 Å². The van der Waals surface area contributed by atoms with Gasteiger partial charge in [-0.2, -0.15) is 5.10 Å². The van der Waals surface area contributed by atoms with Crippen molar-refractivity contribution in [2.45, 2.75) is 0 Å². The second-order valence-corrected chi connectivity index (χ2v) is 6.49. The molecule has 0 bridgehead atoms. The fourth-order valence-corrected chi connectivity index (χ4v) is 3.24. The molecule has 1 aromatic heterocycles. The average Bonchev–Trinajstić information content (AvgIpc) is 2.74. The van der Waals surface area contributed by atoms with Crippen LogP contribution in [0.2, 0.25) is 0 Å². The third-order valence-electron chi connectivity index (χ3n) is 4.35. The van der Waals surface area contributed by atoms with Crippen LogP contribution >= 0.6 is 12.2 Å². The highest BCUT2D eigenvalue weighted by molar-refractivity contribution is 7.80. The van der Waals surface area contributed by atoms with Crippen molar-refractivity contribution in [2.24, 2.45) is 5.10 Å². The highest BCUT2D eigenvalue weighted by Gasteiger charge is 2.06. The molecule has 4 rings (SSSR count). The minimum absolute atomic E-state index is 0.367. The summed E-state index contributed by atoms with van der Waals surface area (Å²) in [5.41, 5.74) is 5.32. The maximum atomic E-state index is 5.32. The summed E-state index contributed by atoms with van der Waals surface area (Å²) in [6, 6.07) is 23.8. The molecule has 0 saturated heterocycles. The Kier molecular flexibility index (Phi) is 5.12. The van der Waals surface area contributed by atoms with Gasteiger partial charge in [0.2, 0.25) is 0 Å². The van der Waals surface area contributed by atoms with Gasteiger partial charge >= 0.3 is 0 Å². The van der Waals surface area contributed by atoms with E-state index in [2.05, 4.69) is 28.0 Å². The summed E-state index contributed by atoms with van der Waals surface area (Å²) >= 11 is 5.32. The quantitative estimate of drug-likeness (QED) is 0.230. The molecule has 1 heterocycles. The predicted molar refractivity (Wildman–Crippen MR) is 119 cm³/mol. The van der Waals surface area contributed by atoms with Crippen LogP contribution in [-0.2, 0) is 0 Å². The van der Waals surface area contributed by atoms with Crippen LogP contribution in [0, 0.1) is 0 Å². The molecule has 0 aliphatic carbocycles. The van der Waals surface area contributed by atoms with E-state index in [0.717, 1.165) is 33.1 Å². The van der Waals surface area contributed by atoms with Crippen LogP contribution in [0.1, 0.15) is 5.69 Å². The van der Waals surface area contributed by atoms with Crippen LogP contribution in [0.3, 0.4) is 0 Å². The Bertz CT molecular complexity index is 1190. The monoisotopic (exact) mass is 386 g/mol. The third-order valence-corrected chi connectivity index (χ3v) is 4.54. The first kappa shape index (κ1) is 17.9. The number of benzene rings is 3. The van der Waals surface area contributed by atoms with Crippen LogP contribution in [0.5, 0.6) is 5.75 Å². The first-order chi connectivity index (χ1) is 13.8. The molecular weight excluding hydrogens is 368 g/mol. The Morgan fingerprint density at radius 1 is 0.929 bits per heavy atom. The highest BCUT2D eigenvalue weighted by Crippen LogP contribution is 2.25. The van der Waals surface area contributed by atoms with Gasteiger partial charge in [-0.25, -0.2) is 4.98 Å². The van der Waals surface area contributed by atoms with E-state index in [9.17, 15) is 0 Å². The number of hydrogen-bond donors (Lipinski definition) is 2. The van der Waals surface area contributed by atoms with Gasteiger partial charge in [-0.1, -0.05) is 54.6 Å². The van der Waals surface area contributed by atoms with Gasteiger partial charge in [0.25, 0.3) is 0 Å². The lowest BCUT2D eigenvalue weighted by atomic mass is 10.0. The minimum Gasteiger partial charge on any atom is -0.495 e. The number of rotatable bonds is 4. The smallest absolute Gasteiger partial charge is 0.191 e. The van der Waals surface area contributed by atoms with Gasteiger partial charge in [0.1, 0.15) is 5.75 Å². The molecular formula is C22H18N4OS. The SMILES string of the molecule is COc1ccccc1NC(=S)NN=Cc1nc2ccccc2c2ccccc12. The molecule has 0 atom stereocenters. The number of fused-ring (bicyclic) bond motifs is 3. The molecule has 5 nitrogen and oxygen atoms in total. The molecule has 0 fully saturated rings. The summed E-state index contributed by atoms with van der Waals surface area (Å²) in [5, 5.41) is 11.0. The summed E-state index contributed by atoms with van der Waals surface area (Å²) in [6.07, 6.45) is 1.69. The molecule has 0 radical (unpaired) electrons. The molecule has 138 valence electrons. The lowest BCUT2D eigenvalue weighted by Gasteiger charge is -2.11. The zero-order valence-corrected chi connectivity index (χ0v) is 16.0. The van der Waals surface area contributed by atoms with Gasteiger partial charge in [-0.05, 0) is 35.8 Å². The highest BCUT2D eigenvalue weighted by atomic mass is 32.1. The predicted octanol–water partition coefficient (Wildman–Crippen LogP) is 4.72. The zero-order chi connectivity index (χ0) is 19.3. The molecule has 4 aromatic rings. The molecule has 3 aromatic carbocycles. The van der Waals surface area contributed by atoms with E-state index in [1.54, 1.807) is 13.3 Å². The molecule has 0 amide bonds. The summed E-state index contributed by atoms with van der Waals surface area (Å²) in [5.74, 6) is 0.706. The topological polar surface area (TPSA) is 58.5 Å². The Labute approximate surface area is 168 Å². The summed E-state index contributed by atoms with van der Waals surface area (Å²) in [4.78, 5) is 4.74. The van der Waals surface area contributed by atoms with Gasteiger partial charge in [0.05, 0.1) is 30.2 Å². The Morgan fingerprint density at radius 3 is 2.43 bits per heavy atom. The molecule has 0 saturated carbocycles. The number of hydrazone groups is 1. The largest absolute Gasteiger partial charge is 0.495 e. The molecule has 0 spiro atoms. The molecule has 28 heavy (non-hydrogen) atoms. The fourth-order valence-electron chi connectivity index (χ4n) is 3.08. The number of anilines is 1. The maximum absolute atomic E-state index is 5.32. The van der Waals surface area contributed by atoms with E-state index in [1.807, 2.05) is 60.7 Å². The number of ether oxygens (including phenoxy) is 1. The van der Waals surface area contributed by atoms with Crippen LogP contribution in [0.4, 0.5) is 5.69 Å². The first-order valence-electron chi connectivity index (χ1n) is 8.77. The maximum Gasteiger partial charge on any atom is 0.191 e. The van der Waals surface area contributed by atoms with Crippen molar-refractivity contribution in [1.82, 2.24) is 10.4 Å². The second-order valence-electron chi connectivity index (χ2n) is 6.08. The number of methoxy groups -OCH3 is 1. The Balaban J connectivity index is 1.57. The van der Waals surface area contributed by atoms with Crippen molar-refractivity contribution in [1.29, 1.82) is 0 Å². The molecule has 0 aliphatic heterocycles. The van der Waals surface area contributed by atoms with Gasteiger partial charge in [0.15, 0.2) is 5.11 Å². The van der Waals surface area contributed by atoms with Gasteiger partial charge < -0.3 is 10.1 Å². The van der Waals surface area contributed by atoms with Crippen molar-refractivity contribution in [3.63, 3.8) is 0 Å². The van der Waals surface area contributed by atoms with Gasteiger partial charge in [0, 0.05) is 10.8 Å². The normalized spacial score (nSPS) is 11.0. The van der Waals surface area contributed by atoms with E-state index in [-0.39, 0.29) is 0 Å². The number of aromatic nitrogens is 1. The third kappa shape index (κ3) is 3.63. The number of pyridine rings is 1. The van der Waals surface area contributed by atoms with Crippen molar-refractivity contribution in [3.05, 3.63) is 78.5 Å². The van der Waals surface area contributed by atoms with Crippen molar-refractivity contribution >= 4 is 50.9 Å².